The third-order valence-corrected chi connectivity index (χ3v) is 13.7. The highest BCUT2D eigenvalue weighted by Crippen LogP contribution is 2.40. The predicted octanol–water partition coefficient (Wildman–Crippen LogP) is 19.1. The van der Waals surface area contributed by atoms with Crippen molar-refractivity contribution in [3.05, 3.63) is 272 Å². The Morgan fingerprint density at radius 2 is 0.623 bits per heavy atom. The molecule has 0 fully saturated rings. The Bertz CT molecular complexity index is 3530. The van der Waals surface area contributed by atoms with Crippen molar-refractivity contribution in [2.75, 3.05) is 4.90 Å². The number of aryl methyl sites for hydroxylation is 1. The van der Waals surface area contributed by atoms with Crippen LogP contribution in [-0.2, 0) is 12.8 Å². The molecule has 11 aromatic carbocycles. The van der Waals surface area contributed by atoms with Gasteiger partial charge in [0.25, 0.3) is 0 Å². The second-order valence-corrected chi connectivity index (χ2v) is 17.8. The molecule has 11 aromatic rings. The van der Waals surface area contributed by atoms with E-state index in [4.69, 9.17) is 0 Å². The summed E-state index contributed by atoms with van der Waals surface area (Å²) in [6.07, 6.45) is 1.96. The van der Waals surface area contributed by atoms with Crippen LogP contribution >= 0.6 is 0 Å². The van der Waals surface area contributed by atoms with E-state index in [1.54, 1.807) is 0 Å². The normalized spacial score (nSPS) is 11.2. The molecule has 330 valence electrons. The first-order valence-electron chi connectivity index (χ1n) is 24.3. The Labute approximate surface area is 407 Å². The van der Waals surface area contributed by atoms with Gasteiger partial charge in [0.1, 0.15) is 0 Å². The quantitative estimate of drug-likeness (QED) is 0.118. The zero-order valence-electron chi connectivity index (χ0n) is 39.2. The first-order chi connectivity index (χ1) is 34.1. The Balaban J connectivity index is 0.908. The number of hydrogen-bond donors (Lipinski definition) is 0. The third kappa shape index (κ3) is 8.91. The Morgan fingerprint density at radius 1 is 0.246 bits per heavy atom. The number of hydrogen-bond acceptors (Lipinski definition) is 1. The summed E-state index contributed by atoms with van der Waals surface area (Å²) in [7, 11) is 0. The molecule has 1 heteroatoms. The summed E-state index contributed by atoms with van der Waals surface area (Å²) in [5.41, 5.74) is 23.3. The molecule has 11 rings (SSSR count). The van der Waals surface area contributed by atoms with Crippen molar-refractivity contribution >= 4 is 27.8 Å². The fraction of sp³-hybridized carbons (Fsp3) is 0.0588. The van der Waals surface area contributed by atoms with Crippen LogP contribution in [0.25, 0.3) is 88.7 Å². The second kappa shape index (κ2) is 19.4. The monoisotopic (exact) mass is 883 g/mol. The van der Waals surface area contributed by atoms with Gasteiger partial charge in [-0.2, -0.15) is 0 Å². The molecule has 0 aliphatic carbocycles. The minimum absolute atomic E-state index is 0.951. The van der Waals surface area contributed by atoms with Crippen molar-refractivity contribution in [3.63, 3.8) is 0 Å². The lowest BCUT2D eigenvalue weighted by molar-refractivity contribution is 1.12. The van der Waals surface area contributed by atoms with Crippen LogP contribution in [0.2, 0.25) is 0 Å². The summed E-state index contributed by atoms with van der Waals surface area (Å²) in [6.45, 7) is 4.52. The van der Waals surface area contributed by atoms with E-state index in [0.29, 0.717) is 0 Å². The van der Waals surface area contributed by atoms with Crippen molar-refractivity contribution in [2.45, 2.75) is 26.7 Å². The highest BCUT2D eigenvalue weighted by atomic mass is 15.1. The van der Waals surface area contributed by atoms with Crippen LogP contribution in [0, 0.1) is 0 Å². The summed E-state index contributed by atoms with van der Waals surface area (Å²) in [5, 5.41) is 2.52. The average Bonchev–Trinajstić information content (AvgIpc) is 3.43. The van der Waals surface area contributed by atoms with Gasteiger partial charge in [-0.3, -0.25) is 0 Å². The van der Waals surface area contributed by atoms with Gasteiger partial charge in [0.05, 0.1) is 0 Å². The van der Waals surface area contributed by atoms with Crippen molar-refractivity contribution in [2.24, 2.45) is 0 Å². The van der Waals surface area contributed by atoms with Crippen LogP contribution in [0.1, 0.15) is 25.0 Å². The van der Waals surface area contributed by atoms with Gasteiger partial charge >= 0.3 is 0 Å². The SMILES string of the molecule is CCc1ccccc1-c1cccc(-c2ccc(N(c3ccc(-c4ccc(-c5cccc(-c6ccc7ccccc7c6)c5)cc4)cc3)c3ccc(-c4cccc(-c5ccccc5)c4)cc3)cc2)c1CC. The van der Waals surface area contributed by atoms with Crippen LogP contribution in [0.4, 0.5) is 17.1 Å². The number of benzene rings is 11. The molecule has 0 amide bonds. The van der Waals surface area contributed by atoms with E-state index in [9.17, 15) is 0 Å². The predicted molar refractivity (Wildman–Crippen MR) is 295 cm³/mol. The molecule has 0 bridgehead atoms. The molecular formula is C68H53N. The largest absolute Gasteiger partial charge is 0.311 e. The lowest BCUT2D eigenvalue weighted by atomic mass is 9.88. The molecule has 0 atom stereocenters. The lowest BCUT2D eigenvalue weighted by Gasteiger charge is -2.26. The van der Waals surface area contributed by atoms with Gasteiger partial charge in [0, 0.05) is 17.1 Å². The van der Waals surface area contributed by atoms with Crippen LogP contribution in [0.3, 0.4) is 0 Å². The molecule has 0 aromatic heterocycles. The van der Waals surface area contributed by atoms with E-state index in [1.807, 2.05) is 0 Å². The number of anilines is 3. The molecule has 0 radical (unpaired) electrons. The molecule has 0 heterocycles. The third-order valence-electron chi connectivity index (χ3n) is 13.7. The topological polar surface area (TPSA) is 3.24 Å². The van der Waals surface area contributed by atoms with Gasteiger partial charge in [-0.1, -0.05) is 220 Å². The maximum atomic E-state index is 2.37. The Morgan fingerprint density at radius 3 is 1.19 bits per heavy atom. The summed E-state index contributed by atoms with van der Waals surface area (Å²) in [5.74, 6) is 0. The fourth-order valence-corrected chi connectivity index (χ4v) is 10.0. The molecule has 0 aliphatic rings. The molecule has 69 heavy (non-hydrogen) atoms. The molecule has 0 aliphatic heterocycles. The number of rotatable bonds is 12. The highest BCUT2D eigenvalue weighted by molar-refractivity contribution is 5.89. The van der Waals surface area contributed by atoms with E-state index >= 15 is 0 Å². The minimum Gasteiger partial charge on any atom is -0.311 e. The summed E-state index contributed by atoms with van der Waals surface area (Å²) in [4.78, 5) is 2.37. The number of nitrogens with zero attached hydrogens (tertiary/aromatic N) is 1. The van der Waals surface area contributed by atoms with E-state index < -0.39 is 0 Å². The van der Waals surface area contributed by atoms with E-state index in [2.05, 4.69) is 280 Å². The molecule has 0 saturated carbocycles. The average molecular weight is 884 g/mol. The highest BCUT2D eigenvalue weighted by Gasteiger charge is 2.17. The molecular weight excluding hydrogens is 831 g/mol. The first-order valence-corrected chi connectivity index (χ1v) is 24.3. The lowest BCUT2D eigenvalue weighted by Crippen LogP contribution is -2.09. The Hall–Kier alpha value is -8.52. The molecule has 1 nitrogen and oxygen atoms in total. The zero-order valence-corrected chi connectivity index (χ0v) is 39.2. The Kier molecular flexibility index (Phi) is 12.1. The smallest absolute Gasteiger partial charge is 0.0462 e. The fourth-order valence-electron chi connectivity index (χ4n) is 10.0. The zero-order chi connectivity index (χ0) is 46.5. The number of fused-ring (bicyclic) bond motifs is 1. The summed E-state index contributed by atoms with van der Waals surface area (Å²) >= 11 is 0. The van der Waals surface area contributed by atoms with E-state index in [0.717, 1.165) is 29.9 Å². The first kappa shape index (κ1) is 43.1. The van der Waals surface area contributed by atoms with E-state index in [-0.39, 0.29) is 0 Å². The van der Waals surface area contributed by atoms with Crippen molar-refractivity contribution in [1.29, 1.82) is 0 Å². The van der Waals surface area contributed by atoms with Crippen LogP contribution in [0.15, 0.2) is 261 Å². The van der Waals surface area contributed by atoms with Gasteiger partial charge in [-0.25, -0.2) is 0 Å². The summed E-state index contributed by atoms with van der Waals surface area (Å²) < 4.78 is 0. The van der Waals surface area contributed by atoms with E-state index in [1.165, 1.54) is 99.8 Å². The van der Waals surface area contributed by atoms with Crippen LogP contribution in [-0.4, -0.2) is 0 Å². The molecule has 0 N–H and O–H groups in total. The van der Waals surface area contributed by atoms with Crippen LogP contribution < -0.4 is 4.90 Å². The standard InChI is InChI=1S/C68H53N/c1-3-48-15-10-11-24-66(48)68-26-14-25-67(65(68)4-2)55-37-43-64(44-38-55)69(63-41-35-54(36-42-63)58-21-12-20-57(45-58)49-16-6-5-7-17-49)62-39-33-52(34-40-62)51-27-29-53(30-28-51)59-22-13-23-60(46-59)61-32-31-50-18-8-9-19-56(50)47-61/h5-47H,3-4H2,1-2H3. The van der Waals surface area contributed by atoms with Crippen molar-refractivity contribution in [1.82, 2.24) is 0 Å². The van der Waals surface area contributed by atoms with Gasteiger partial charge in [-0.05, 0) is 167 Å². The van der Waals surface area contributed by atoms with Gasteiger partial charge in [0.2, 0.25) is 0 Å². The molecule has 0 spiro atoms. The maximum Gasteiger partial charge on any atom is 0.0462 e. The maximum absolute atomic E-state index is 2.37. The minimum atomic E-state index is 0.951. The van der Waals surface area contributed by atoms with Crippen molar-refractivity contribution in [3.8, 4) is 77.9 Å². The molecule has 0 unspecified atom stereocenters. The van der Waals surface area contributed by atoms with Crippen molar-refractivity contribution < 1.29 is 0 Å². The summed E-state index contributed by atoms with van der Waals surface area (Å²) in [6, 6.07) is 95.4. The van der Waals surface area contributed by atoms with Gasteiger partial charge in [0.15, 0.2) is 0 Å². The second-order valence-electron chi connectivity index (χ2n) is 17.8. The van der Waals surface area contributed by atoms with Gasteiger partial charge < -0.3 is 4.90 Å². The van der Waals surface area contributed by atoms with Crippen LogP contribution in [0.5, 0.6) is 0 Å². The van der Waals surface area contributed by atoms with Gasteiger partial charge in [-0.15, -0.1) is 0 Å². The molecule has 0 saturated heterocycles.